The first-order chi connectivity index (χ1) is 14.2. The Hall–Kier alpha value is -1.52. The molecule has 1 fully saturated rings. The Bertz CT molecular complexity index is 710. The Kier molecular flexibility index (Phi) is 8.88. The van der Waals surface area contributed by atoms with Gasteiger partial charge in [0.2, 0.25) is 0 Å². The molecule has 0 amide bonds. The summed E-state index contributed by atoms with van der Waals surface area (Å²) in [5.41, 5.74) is 5.44. The number of benzene rings is 1. The molecule has 2 aliphatic carbocycles. The SMILES string of the molecule is CC1=C(CNCCC(=O)OCl)CCc2cc(OCCCC3CCCCC3)ccc21. The molecule has 29 heavy (non-hydrogen) atoms. The molecule has 1 aromatic carbocycles. The van der Waals surface area contributed by atoms with Crippen LogP contribution in [0.15, 0.2) is 23.8 Å². The van der Waals surface area contributed by atoms with Crippen LogP contribution in [0.3, 0.4) is 0 Å². The summed E-state index contributed by atoms with van der Waals surface area (Å²) >= 11 is 5.05. The van der Waals surface area contributed by atoms with Crippen molar-refractivity contribution in [1.82, 2.24) is 5.32 Å². The van der Waals surface area contributed by atoms with Gasteiger partial charge in [-0.25, -0.2) is 0 Å². The van der Waals surface area contributed by atoms with Gasteiger partial charge in [-0.05, 0) is 67.4 Å². The van der Waals surface area contributed by atoms with E-state index in [9.17, 15) is 4.79 Å². The number of halogens is 1. The topological polar surface area (TPSA) is 47.6 Å². The first-order valence-electron chi connectivity index (χ1n) is 11.1. The maximum absolute atomic E-state index is 11.1. The minimum absolute atomic E-state index is 0.286. The number of carbonyl (C=O) groups excluding carboxylic acids is 1. The third kappa shape index (κ3) is 6.75. The highest BCUT2D eigenvalue weighted by Crippen LogP contribution is 2.33. The molecule has 0 radical (unpaired) electrons. The van der Waals surface area contributed by atoms with Crippen LogP contribution in [0.5, 0.6) is 5.75 Å². The van der Waals surface area contributed by atoms with E-state index in [4.69, 9.17) is 16.6 Å². The molecule has 1 N–H and O–H groups in total. The van der Waals surface area contributed by atoms with Gasteiger partial charge in [0.15, 0.2) is 0 Å². The second-order valence-corrected chi connectivity index (χ2v) is 8.57. The zero-order chi connectivity index (χ0) is 20.5. The number of carbonyl (C=O) groups is 1. The molecular formula is C24H34ClNO3. The predicted octanol–water partition coefficient (Wildman–Crippen LogP) is 5.82. The molecule has 1 aromatic rings. The van der Waals surface area contributed by atoms with Crippen molar-refractivity contribution in [3.05, 3.63) is 34.9 Å². The molecule has 5 heteroatoms. The monoisotopic (exact) mass is 419 g/mol. The Morgan fingerprint density at radius 3 is 2.83 bits per heavy atom. The van der Waals surface area contributed by atoms with Crippen LogP contribution < -0.4 is 10.1 Å². The fraction of sp³-hybridized carbons (Fsp3) is 0.625. The van der Waals surface area contributed by atoms with Crippen molar-refractivity contribution in [1.29, 1.82) is 0 Å². The smallest absolute Gasteiger partial charge is 0.326 e. The molecule has 3 rings (SSSR count). The Morgan fingerprint density at radius 1 is 1.21 bits per heavy atom. The first-order valence-corrected chi connectivity index (χ1v) is 11.4. The largest absolute Gasteiger partial charge is 0.494 e. The molecule has 2 aliphatic rings. The third-order valence-corrected chi connectivity index (χ3v) is 6.56. The molecule has 4 nitrogen and oxygen atoms in total. The van der Waals surface area contributed by atoms with Crippen molar-refractivity contribution >= 4 is 23.4 Å². The zero-order valence-electron chi connectivity index (χ0n) is 17.6. The Balaban J connectivity index is 1.46. The minimum atomic E-state index is -0.398. The lowest BCUT2D eigenvalue weighted by molar-refractivity contribution is -0.133. The summed E-state index contributed by atoms with van der Waals surface area (Å²) in [6, 6.07) is 6.53. The van der Waals surface area contributed by atoms with Gasteiger partial charge in [0.05, 0.1) is 13.0 Å². The molecule has 0 saturated heterocycles. The number of fused-ring (bicyclic) bond motifs is 1. The molecule has 0 aliphatic heterocycles. The summed E-state index contributed by atoms with van der Waals surface area (Å²) in [5, 5.41) is 3.31. The summed E-state index contributed by atoms with van der Waals surface area (Å²) in [7, 11) is 0. The number of nitrogens with one attached hydrogen (secondary N) is 1. The van der Waals surface area contributed by atoms with Gasteiger partial charge in [0.1, 0.15) is 17.6 Å². The molecule has 0 spiro atoms. The van der Waals surface area contributed by atoms with Crippen molar-refractivity contribution in [3.8, 4) is 5.75 Å². The summed E-state index contributed by atoms with van der Waals surface area (Å²) in [4.78, 5) is 11.1. The van der Waals surface area contributed by atoms with E-state index < -0.39 is 5.97 Å². The maximum Gasteiger partial charge on any atom is 0.326 e. The number of allylic oxidation sites excluding steroid dienone is 1. The number of hydrogen-bond donors (Lipinski definition) is 1. The van der Waals surface area contributed by atoms with Gasteiger partial charge in [0.25, 0.3) is 0 Å². The lowest BCUT2D eigenvalue weighted by atomic mass is 9.86. The van der Waals surface area contributed by atoms with Gasteiger partial charge in [-0.2, -0.15) is 0 Å². The lowest BCUT2D eigenvalue weighted by Crippen LogP contribution is -2.22. The van der Waals surface area contributed by atoms with Crippen molar-refractivity contribution < 1.29 is 13.8 Å². The standard InChI is InChI=1S/C24H34ClNO3/c1-18-21(17-26-14-13-24(27)29-25)10-9-20-16-22(11-12-23(18)20)28-15-5-8-19-6-3-2-4-7-19/h11-12,16,19,26H,2-10,13-15,17H2,1H3. The van der Waals surface area contributed by atoms with Crippen LogP contribution in [0.2, 0.25) is 0 Å². The highest BCUT2D eigenvalue weighted by Gasteiger charge is 2.17. The van der Waals surface area contributed by atoms with Crippen LogP contribution in [-0.4, -0.2) is 25.7 Å². The summed E-state index contributed by atoms with van der Waals surface area (Å²) in [5.74, 6) is 1.53. The van der Waals surface area contributed by atoms with E-state index in [1.54, 1.807) is 0 Å². The van der Waals surface area contributed by atoms with Gasteiger partial charge < -0.3 is 14.3 Å². The average molecular weight is 420 g/mol. The lowest BCUT2D eigenvalue weighted by Gasteiger charge is -2.23. The van der Waals surface area contributed by atoms with Crippen LogP contribution >= 0.6 is 11.9 Å². The molecular weight excluding hydrogens is 386 g/mol. The van der Waals surface area contributed by atoms with E-state index in [1.807, 2.05) is 0 Å². The van der Waals surface area contributed by atoms with E-state index in [2.05, 4.69) is 34.7 Å². The Labute approximate surface area is 180 Å². The normalized spacial score (nSPS) is 17.2. The summed E-state index contributed by atoms with van der Waals surface area (Å²) in [6.45, 7) is 4.37. The second kappa shape index (κ2) is 11.6. The van der Waals surface area contributed by atoms with Gasteiger partial charge >= 0.3 is 5.97 Å². The number of rotatable bonds is 10. The van der Waals surface area contributed by atoms with Gasteiger partial charge in [-0.1, -0.05) is 43.7 Å². The molecule has 0 heterocycles. The van der Waals surface area contributed by atoms with Crippen LogP contribution in [0.25, 0.3) is 5.57 Å². The molecule has 1 saturated carbocycles. The average Bonchev–Trinajstić information content (AvgIpc) is 2.76. The van der Waals surface area contributed by atoms with Crippen LogP contribution in [-0.2, 0) is 15.5 Å². The fourth-order valence-electron chi connectivity index (χ4n) is 4.62. The molecule has 0 aromatic heterocycles. The van der Waals surface area contributed by atoms with Crippen LogP contribution in [0.1, 0.15) is 75.8 Å². The van der Waals surface area contributed by atoms with Gasteiger partial charge in [-0.15, -0.1) is 0 Å². The summed E-state index contributed by atoms with van der Waals surface area (Å²) < 4.78 is 10.2. The predicted molar refractivity (Wildman–Crippen MR) is 118 cm³/mol. The van der Waals surface area contributed by atoms with E-state index in [0.717, 1.165) is 44.1 Å². The van der Waals surface area contributed by atoms with E-state index in [-0.39, 0.29) is 6.42 Å². The van der Waals surface area contributed by atoms with E-state index in [1.165, 1.54) is 60.8 Å². The first kappa shape index (κ1) is 22.2. The molecule has 0 bridgehead atoms. The van der Waals surface area contributed by atoms with Crippen molar-refractivity contribution in [2.45, 2.75) is 71.1 Å². The van der Waals surface area contributed by atoms with Gasteiger partial charge in [0, 0.05) is 13.1 Å². The van der Waals surface area contributed by atoms with E-state index in [0.29, 0.717) is 6.54 Å². The minimum Gasteiger partial charge on any atom is -0.494 e. The molecule has 160 valence electrons. The van der Waals surface area contributed by atoms with Crippen molar-refractivity contribution in [2.24, 2.45) is 5.92 Å². The van der Waals surface area contributed by atoms with Crippen molar-refractivity contribution in [2.75, 3.05) is 19.7 Å². The highest BCUT2D eigenvalue weighted by atomic mass is 35.5. The van der Waals surface area contributed by atoms with Gasteiger partial charge in [-0.3, -0.25) is 4.79 Å². The molecule has 0 unspecified atom stereocenters. The quantitative estimate of drug-likeness (QED) is 0.485. The van der Waals surface area contributed by atoms with Crippen LogP contribution in [0, 0.1) is 5.92 Å². The van der Waals surface area contributed by atoms with Crippen molar-refractivity contribution in [3.63, 3.8) is 0 Å². The third-order valence-electron chi connectivity index (χ3n) is 6.39. The number of aryl methyl sites for hydroxylation is 1. The van der Waals surface area contributed by atoms with Crippen LogP contribution in [0.4, 0.5) is 0 Å². The Morgan fingerprint density at radius 2 is 2.03 bits per heavy atom. The van der Waals surface area contributed by atoms with E-state index >= 15 is 0 Å². The number of ether oxygens (including phenoxy) is 1. The second-order valence-electron chi connectivity index (χ2n) is 8.42. The highest BCUT2D eigenvalue weighted by molar-refractivity contribution is 6.13. The zero-order valence-corrected chi connectivity index (χ0v) is 18.4. The maximum atomic E-state index is 11.1. The number of hydrogen-bond acceptors (Lipinski definition) is 4. The molecule has 0 atom stereocenters. The summed E-state index contributed by atoms with van der Waals surface area (Å²) in [6.07, 6.45) is 11.9. The fourth-order valence-corrected chi connectivity index (χ4v) is 4.70.